The summed E-state index contributed by atoms with van der Waals surface area (Å²) >= 11 is 3.32. The van der Waals surface area contributed by atoms with Crippen LogP contribution in [0.15, 0.2) is 44.5 Å². The molecule has 3 rings (SSSR count). The Bertz CT molecular complexity index is 1170. The first-order valence-electron chi connectivity index (χ1n) is 8.58. The molecule has 28 heavy (non-hydrogen) atoms. The summed E-state index contributed by atoms with van der Waals surface area (Å²) in [6.07, 6.45) is 2.20. The first-order chi connectivity index (χ1) is 13.4. The molecular weight excluding hydrogens is 428 g/mol. The van der Waals surface area contributed by atoms with Crippen molar-refractivity contribution in [1.29, 1.82) is 0 Å². The molecular formula is C19H19BrN4O4. The van der Waals surface area contributed by atoms with Crippen LogP contribution in [0.3, 0.4) is 0 Å². The summed E-state index contributed by atoms with van der Waals surface area (Å²) in [5.41, 5.74) is 0.294. The second-order valence-electron chi connectivity index (χ2n) is 6.16. The number of methoxy groups -OCH3 is 1. The van der Waals surface area contributed by atoms with Gasteiger partial charge in [-0.25, -0.2) is 14.3 Å². The molecule has 3 aromatic rings. The summed E-state index contributed by atoms with van der Waals surface area (Å²) in [4.78, 5) is 42.3. The molecule has 146 valence electrons. The Morgan fingerprint density at radius 1 is 1.25 bits per heavy atom. The van der Waals surface area contributed by atoms with Crippen LogP contribution in [-0.4, -0.2) is 27.1 Å². The van der Waals surface area contributed by atoms with E-state index >= 15 is 0 Å². The minimum absolute atomic E-state index is 0.181. The monoisotopic (exact) mass is 446 g/mol. The highest BCUT2D eigenvalue weighted by Crippen LogP contribution is 2.25. The van der Waals surface area contributed by atoms with Crippen LogP contribution in [0.2, 0.25) is 0 Å². The average molecular weight is 447 g/mol. The first kappa shape index (κ1) is 19.8. The number of fused-ring (bicyclic) bond motifs is 1. The average Bonchev–Trinajstić information content (AvgIpc) is 2.70. The maximum absolute atomic E-state index is 13.0. The van der Waals surface area contributed by atoms with Crippen molar-refractivity contribution in [3.8, 4) is 5.75 Å². The zero-order chi connectivity index (χ0) is 20.4. The van der Waals surface area contributed by atoms with Gasteiger partial charge in [0.25, 0.3) is 5.56 Å². The largest absolute Gasteiger partial charge is 0.495 e. The summed E-state index contributed by atoms with van der Waals surface area (Å²) in [5, 5.41) is 2.86. The van der Waals surface area contributed by atoms with Crippen LogP contribution in [0.25, 0.3) is 11.0 Å². The van der Waals surface area contributed by atoms with Crippen LogP contribution in [0, 0.1) is 0 Å². The fourth-order valence-corrected chi connectivity index (χ4v) is 3.23. The molecule has 0 aliphatic heterocycles. The summed E-state index contributed by atoms with van der Waals surface area (Å²) in [6, 6.07) is 6.98. The van der Waals surface area contributed by atoms with Gasteiger partial charge >= 0.3 is 5.69 Å². The first-order valence-corrected chi connectivity index (χ1v) is 9.37. The van der Waals surface area contributed by atoms with Gasteiger partial charge in [-0.2, -0.15) is 0 Å². The van der Waals surface area contributed by atoms with Gasteiger partial charge in [-0.1, -0.05) is 22.9 Å². The highest BCUT2D eigenvalue weighted by molar-refractivity contribution is 9.10. The zero-order valence-electron chi connectivity index (χ0n) is 15.7. The molecule has 0 radical (unpaired) electrons. The normalized spacial score (nSPS) is 10.9. The summed E-state index contributed by atoms with van der Waals surface area (Å²) in [7, 11) is 2.97. The van der Waals surface area contributed by atoms with Crippen molar-refractivity contribution in [2.24, 2.45) is 7.05 Å². The topological polar surface area (TPSA) is 95.2 Å². The SMILES string of the molecule is CCc1cnc2c(c1OC)c(=O)n(CC(=O)Nc1ccc(Br)cc1)c(=O)n2C. The number of hydrogen-bond donors (Lipinski definition) is 1. The second-order valence-corrected chi connectivity index (χ2v) is 7.07. The maximum Gasteiger partial charge on any atom is 0.332 e. The smallest absolute Gasteiger partial charge is 0.332 e. The Balaban J connectivity index is 2.08. The lowest BCUT2D eigenvalue weighted by Gasteiger charge is -2.14. The molecule has 0 atom stereocenters. The van der Waals surface area contributed by atoms with Crippen LogP contribution >= 0.6 is 15.9 Å². The minimum atomic E-state index is -0.623. The number of ether oxygens (including phenoxy) is 1. The number of hydrogen-bond acceptors (Lipinski definition) is 5. The molecule has 2 aromatic heterocycles. The van der Waals surface area contributed by atoms with Crippen LogP contribution in [0.4, 0.5) is 5.69 Å². The van der Waals surface area contributed by atoms with E-state index in [1.54, 1.807) is 30.5 Å². The molecule has 1 N–H and O–H groups in total. The van der Waals surface area contributed by atoms with Crippen molar-refractivity contribution in [3.63, 3.8) is 0 Å². The molecule has 1 amide bonds. The number of carbonyl (C=O) groups excluding carboxylic acids is 1. The van der Waals surface area contributed by atoms with Gasteiger partial charge in [0.05, 0.1) is 7.11 Å². The van der Waals surface area contributed by atoms with Crippen molar-refractivity contribution in [1.82, 2.24) is 14.1 Å². The Morgan fingerprint density at radius 2 is 1.93 bits per heavy atom. The van der Waals surface area contributed by atoms with Gasteiger partial charge in [0, 0.05) is 29.0 Å². The zero-order valence-corrected chi connectivity index (χ0v) is 17.2. The number of aryl methyl sites for hydroxylation is 2. The van der Waals surface area contributed by atoms with Gasteiger partial charge in [0.15, 0.2) is 5.65 Å². The van der Waals surface area contributed by atoms with E-state index in [-0.39, 0.29) is 11.0 Å². The van der Waals surface area contributed by atoms with Gasteiger partial charge in [-0.3, -0.25) is 14.2 Å². The van der Waals surface area contributed by atoms with Crippen LogP contribution in [-0.2, 0) is 24.8 Å². The van der Waals surface area contributed by atoms with E-state index in [9.17, 15) is 14.4 Å². The lowest BCUT2D eigenvalue weighted by molar-refractivity contribution is -0.116. The third kappa shape index (κ3) is 3.57. The van der Waals surface area contributed by atoms with Crippen molar-refractivity contribution in [2.45, 2.75) is 19.9 Å². The number of nitrogens with zero attached hydrogens (tertiary/aromatic N) is 3. The van der Waals surface area contributed by atoms with E-state index in [1.165, 1.54) is 18.7 Å². The lowest BCUT2D eigenvalue weighted by atomic mass is 10.1. The highest BCUT2D eigenvalue weighted by atomic mass is 79.9. The molecule has 0 fully saturated rings. The molecule has 0 spiro atoms. The maximum atomic E-state index is 13.0. The number of benzene rings is 1. The number of pyridine rings is 1. The molecule has 0 saturated carbocycles. The predicted molar refractivity (Wildman–Crippen MR) is 110 cm³/mol. The van der Waals surface area contributed by atoms with Gasteiger partial charge < -0.3 is 10.1 Å². The third-order valence-corrected chi connectivity index (χ3v) is 4.92. The number of amides is 1. The molecule has 0 bridgehead atoms. The molecule has 9 heteroatoms. The molecule has 0 saturated heterocycles. The summed E-state index contributed by atoms with van der Waals surface area (Å²) in [6.45, 7) is 1.49. The Hall–Kier alpha value is -2.94. The third-order valence-electron chi connectivity index (χ3n) is 4.39. The van der Waals surface area contributed by atoms with Crippen molar-refractivity contribution >= 4 is 38.6 Å². The fraction of sp³-hybridized carbons (Fsp3) is 0.263. The Morgan fingerprint density at radius 3 is 2.54 bits per heavy atom. The van der Waals surface area contributed by atoms with Gasteiger partial charge in [-0.05, 0) is 30.7 Å². The van der Waals surface area contributed by atoms with E-state index in [1.807, 2.05) is 6.92 Å². The molecule has 0 aliphatic carbocycles. The van der Waals surface area contributed by atoms with Crippen LogP contribution < -0.4 is 21.3 Å². The van der Waals surface area contributed by atoms with E-state index in [0.717, 1.165) is 14.6 Å². The number of carbonyl (C=O) groups is 1. The Labute approximate surface area is 168 Å². The van der Waals surface area contributed by atoms with Crippen molar-refractivity contribution < 1.29 is 9.53 Å². The van der Waals surface area contributed by atoms with E-state index < -0.39 is 23.7 Å². The molecule has 2 heterocycles. The van der Waals surface area contributed by atoms with Crippen molar-refractivity contribution in [2.75, 3.05) is 12.4 Å². The van der Waals surface area contributed by atoms with E-state index in [0.29, 0.717) is 17.9 Å². The highest BCUT2D eigenvalue weighted by Gasteiger charge is 2.20. The van der Waals surface area contributed by atoms with Crippen LogP contribution in [0.5, 0.6) is 5.75 Å². The van der Waals surface area contributed by atoms with Crippen LogP contribution in [0.1, 0.15) is 12.5 Å². The quantitative estimate of drug-likeness (QED) is 0.646. The molecule has 8 nitrogen and oxygen atoms in total. The standard InChI is InChI=1S/C19H19BrN4O4/c1-4-11-9-21-17-15(16(11)28-3)18(26)24(19(27)23(17)2)10-14(25)22-13-7-5-12(20)6-8-13/h5-9H,4,10H2,1-3H3,(H,22,25). The molecule has 1 aromatic carbocycles. The summed E-state index contributed by atoms with van der Waals surface area (Å²) in [5.74, 6) is -0.116. The number of halogens is 1. The Kier molecular flexibility index (Phi) is 5.64. The number of aromatic nitrogens is 3. The molecule has 0 unspecified atom stereocenters. The van der Waals surface area contributed by atoms with Gasteiger partial charge in [0.2, 0.25) is 5.91 Å². The fourth-order valence-electron chi connectivity index (χ4n) is 2.97. The van der Waals surface area contributed by atoms with E-state index in [4.69, 9.17) is 4.74 Å². The number of anilines is 1. The second kappa shape index (κ2) is 7.97. The number of nitrogens with one attached hydrogen (secondary N) is 1. The number of rotatable bonds is 5. The van der Waals surface area contributed by atoms with Crippen molar-refractivity contribution in [3.05, 3.63) is 61.3 Å². The minimum Gasteiger partial charge on any atom is -0.495 e. The lowest BCUT2D eigenvalue weighted by Crippen LogP contribution is -2.42. The van der Waals surface area contributed by atoms with E-state index in [2.05, 4.69) is 26.2 Å². The molecule has 0 aliphatic rings. The van der Waals surface area contributed by atoms with Gasteiger partial charge in [0.1, 0.15) is 17.7 Å². The van der Waals surface area contributed by atoms with Gasteiger partial charge in [-0.15, -0.1) is 0 Å². The predicted octanol–water partition coefficient (Wildman–Crippen LogP) is 2.07. The summed E-state index contributed by atoms with van der Waals surface area (Å²) < 4.78 is 8.42.